The van der Waals surface area contributed by atoms with Gasteiger partial charge in [-0.15, -0.1) is 0 Å². The number of rotatable bonds is 3. The van der Waals surface area contributed by atoms with Gasteiger partial charge in [-0.2, -0.15) is 0 Å². The number of aldehydes is 1. The number of benzene rings is 4. The average Bonchev–Trinajstić information content (AvgIpc) is 2.83. The first-order valence-corrected chi connectivity index (χ1v) is 9.11. The molecular weight excluding hydrogens is 411 g/mol. The third-order valence-electron chi connectivity index (χ3n) is 4.46. The van der Waals surface area contributed by atoms with Crippen LogP contribution in [0.1, 0.15) is 10.4 Å². The number of hydrogen-bond donors (Lipinski definition) is 0. The number of hydrogen-bond acceptors (Lipinski definition) is 1. The summed E-state index contributed by atoms with van der Waals surface area (Å²) in [5.74, 6) is -10.8. The summed E-state index contributed by atoms with van der Waals surface area (Å²) in [5.41, 5.74) is 3.58. The maximum Gasteiger partial charge on any atom is 0.200 e. The predicted molar refractivity (Wildman–Crippen MR) is 109 cm³/mol. The molecule has 0 fully saturated rings. The molecule has 0 heterocycles. The van der Waals surface area contributed by atoms with Gasteiger partial charge in [0, 0.05) is 0 Å². The highest BCUT2D eigenvalue weighted by atomic mass is 19.2. The second-order valence-corrected chi connectivity index (χ2v) is 6.41. The Labute approximate surface area is 175 Å². The molecule has 0 aromatic heterocycles. The van der Waals surface area contributed by atoms with Crippen molar-refractivity contribution in [2.45, 2.75) is 0 Å². The van der Waals surface area contributed by atoms with Gasteiger partial charge in [-0.1, -0.05) is 84.9 Å². The minimum absolute atomic E-state index is 0.434. The lowest BCUT2D eigenvalue weighted by Crippen LogP contribution is -2.05. The second kappa shape index (κ2) is 9.80. The van der Waals surface area contributed by atoms with E-state index >= 15 is 0 Å². The van der Waals surface area contributed by atoms with E-state index in [0.717, 1.165) is 0 Å². The number of carbonyl (C=O) groups is 1. The van der Waals surface area contributed by atoms with Crippen LogP contribution >= 0.6 is 0 Å². The quantitative estimate of drug-likeness (QED) is 0.146. The molecule has 31 heavy (non-hydrogen) atoms. The number of carbonyl (C=O) groups excluding carboxylic acids is 1. The summed E-state index contributed by atoms with van der Waals surface area (Å²) in [7, 11) is 0. The Balaban J connectivity index is 0.000000187. The Bertz CT molecular complexity index is 1090. The van der Waals surface area contributed by atoms with Gasteiger partial charge >= 0.3 is 0 Å². The van der Waals surface area contributed by atoms with Crippen LogP contribution < -0.4 is 0 Å². The van der Waals surface area contributed by atoms with Gasteiger partial charge in [0.05, 0.1) is 5.56 Å². The van der Waals surface area contributed by atoms with Crippen molar-refractivity contribution in [3.63, 3.8) is 0 Å². The molecule has 4 aromatic carbocycles. The smallest absolute Gasteiger partial charge is 0.200 e. The van der Waals surface area contributed by atoms with E-state index in [1.54, 1.807) is 0 Å². The lowest BCUT2D eigenvalue weighted by atomic mass is 10.0. The highest BCUT2D eigenvalue weighted by molar-refractivity contribution is 5.75. The van der Waals surface area contributed by atoms with Crippen molar-refractivity contribution in [3.8, 4) is 22.3 Å². The van der Waals surface area contributed by atoms with Crippen LogP contribution in [-0.2, 0) is 0 Å². The van der Waals surface area contributed by atoms with Crippen LogP contribution in [0.3, 0.4) is 0 Å². The third-order valence-corrected chi connectivity index (χ3v) is 4.46. The molecule has 0 atom stereocenters. The van der Waals surface area contributed by atoms with Crippen molar-refractivity contribution < 1.29 is 26.7 Å². The fourth-order valence-electron chi connectivity index (χ4n) is 2.84. The Morgan fingerprint density at radius 1 is 0.419 bits per heavy atom. The first-order valence-electron chi connectivity index (χ1n) is 9.11. The van der Waals surface area contributed by atoms with Crippen LogP contribution in [-0.4, -0.2) is 6.29 Å². The van der Waals surface area contributed by atoms with Gasteiger partial charge in [-0.3, -0.25) is 4.79 Å². The maximum absolute atomic E-state index is 12.5. The van der Waals surface area contributed by atoms with Crippen LogP contribution in [0.4, 0.5) is 22.0 Å². The van der Waals surface area contributed by atoms with Crippen molar-refractivity contribution in [2.24, 2.45) is 0 Å². The van der Waals surface area contributed by atoms with E-state index in [9.17, 15) is 26.7 Å². The zero-order valence-electron chi connectivity index (χ0n) is 16.0. The number of halogens is 5. The van der Waals surface area contributed by atoms with Crippen LogP contribution in [0.2, 0.25) is 0 Å². The van der Waals surface area contributed by atoms with Gasteiger partial charge in [0.2, 0.25) is 5.82 Å². The van der Waals surface area contributed by atoms with Gasteiger partial charge in [0.25, 0.3) is 0 Å². The minimum atomic E-state index is -2.28. The average molecular weight is 426 g/mol. The molecule has 0 aliphatic heterocycles. The zero-order chi connectivity index (χ0) is 22.4. The van der Waals surface area contributed by atoms with Crippen LogP contribution in [0.5, 0.6) is 0 Å². The van der Waals surface area contributed by atoms with Gasteiger partial charge in [0.1, 0.15) is 0 Å². The first-order chi connectivity index (χ1) is 14.9. The summed E-state index contributed by atoms with van der Waals surface area (Å²) in [6.07, 6.45) is -0.434. The van der Waals surface area contributed by atoms with E-state index in [1.165, 1.54) is 22.3 Å². The van der Waals surface area contributed by atoms with Crippen molar-refractivity contribution in [2.75, 3.05) is 0 Å². The highest BCUT2D eigenvalue weighted by Gasteiger charge is 2.24. The molecule has 0 saturated carbocycles. The fourth-order valence-corrected chi connectivity index (χ4v) is 2.84. The molecule has 1 nitrogen and oxygen atoms in total. The zero-order valence-corrected chi connectivity index (χ0v) is 16.0. The fraction of sp³-hybridized carbons (Fsp3) is 0. The molecule has 0 saturated heterocycles. The van der Waals surface area contributed by atoms with Gasteiger partial charge in [-0.25, -0.2) is 22.0 Å². The minimum Gasteiger partial charge on any atom is -0.298 e. The Morgan fingerprint density at radius 3 is 1.03 bits per heavy atom. The molecule has 0 N–H and O–H groups in total. The molecule has 0 aliphatic rings. The monoisotopic (exact) mass is 426 g/mol. The van der Waals surface area contributed by atoms with Crippen LogP contribution in [0, 0.1) is 29.1 Å². The summed E-state index contributed by atoms with van der Waals surface area (Å²) in [4.78, 5) is 9.93. The van der Waals surface area contributed by atoms with Gasteiger partial charge in [0.15, 0.2) is 29.6 Å². The third kappa shape index (κ3) is 4.86. The molecular formula is C25H15F5O. The van der Waals surface area contributed by atoms with Crippen molar-refractivity contribution in [1.29, 1.82) is 0 Å². The lowest BCUT2D eigenvalue weighted by Gasteiger charge is -2.04. The van der Waals surface area contributed by atoms with E-state index in [4.69, 9.17) is 0 Å². The molecule has 0 unspecified atom stereocenters. The topological polar surface area (TPSA) is 17.1 Å². The summed E-state index contributed by atoms with van der Waals surface area (Å²) < 4.78 is 61.7. The standard InChI is InChI=1S/C18H14.C7HF5O/c1-3-7-15(8-4-1)17-11-13-18(14-12-17)16-9-5-2-6-10-16;8-3-2(1-13)4(9)6(11)7(12)5(3)10/h1-14H;1H. The van der Waals surface area contributed by atoms with Crippen molar-refractivity contribution >= 4 is 6.29 Å². The van der Waals surface area contributed by atoms with Crippen molar-refractivity contribution in [1.82, 2.24) is 0 Å². The second-order valence-electron chi connectivity index (χ2n) is 6.41. The molecule has 0 spiro atoms. The predicted octanol–water partition coefficient (Wildman–Crippen LogP) is 7.22. The van der Waals surface area contributed by atoms with Crippen LogP contribution in [0.15, 0.2) is 84.9 Å². The van der Waals surface area contributed by atoms with E-state index in [2.05, 4.69) is 72.8 Å². The van der Waals surface area contributed by atoms with E-state index in [0.29, 0.717) is 0 Å². The molecule has 0 bridgehead atoms. The lowest BCUT2D eigenvalue weighted by molar-refractivity contribution is 0.111. The van der Waals surface area contributed by atoms with E-state index in [1.807, 2.05) is 12.1 Å². The van der Waals surface area contributed by atoms with E-state index < -0.39 is 40.9 Å². The van der Waals surface area contributed by atoms with E-state index in [-0.39, 0.29) is 0 Å². The normalized spacial score (nSPS) is 10.2. The SMILES string of the molecule is O=Cc1c(F)c(F)c(F)c(F)c1F.c1ccc(-c2ccc(-c3ccccc3)cc2)cc1. The molecule has 156 valence electrons. The summed E-state index contributed by atoms with van der Waals surface area (Å²) >= 11 is 0. The highest BCUT2D eigenvalue weighted by Crippen LogP contribution is 2.24. The molecule has 0 amide bonds. The Morgan fingerprint density at radius 2 is 0.710 bits per heavy atom. The summed E-state index contributed by atoms with van der Waals surface area (Å²) in [6.45, 7) is 0. The molecule has 4 aromatic rings. The first kappa shape index (κ1) is 21.9. The Kier molecular flexibility index (Phi) is 6.92. The van der Waals surface area contributed by atoms with Crippen molar-refractivity contribution in [3.05, 3.63) is 120 Å². The summed E-state index contributed by atoms with van der Waals surface area (Å²) in [6, 6.07) is 29.6. The largest absolute Gasteiger partial charge is 0.298 e. The maximum atomic E-state index is 12.5. The van der Waals surface area contributed by atoms with Gasteiger partial charge < -0.3 is 0 Å². The summed E-state index contributed by atoms with van der Waals surface area (Å²) in [5, 5.41) is 0. The molecule has 4 rings (SSSR count). The van der Waals surface area contributed by atoms with Gasteiger partial charge in [-0.05, 0) is 22.3 Å². The molecule has 6 heteroatoms. The Hall–Kier alpha value is -3.80. The molecule has 0 aliphatic carbocycles. The van der Waals surface area contributed by atoms with Crippen LogP contribution in [0.25, 0.3) is 22.3 Å². The molecule has 0 radical (unpaired) electrons.